The van der Waals surface area contributed by atoms with E-state index in [0.29, 0.717) is 5.92 Å². The van der Waals surface area contributed by atoms with Crippen LogP contribution in [0.1, 0.15) is 60.8 Å². The van der Waals surface area contributed by atoms with Gasteiger partial charge in [0.15, 0.2) is 0 Å². The van der Waals surface area contributed by atoms with Crippen molar-refractivity contribution in [3.05, 3.63) is 0 Å². The molecule has 1 unspecified atom stereocenters. The molecule has 0 aromatic rings. The van der Waals surface area contributed by atoms with Crippen LogP contribution in [0.15, 0.2) is 0 Å². The summed E-state index contributed by atoms with van der Waals surface area (Å²) in [6.07, 6.45) is 3.36. The maximum Gasteiger partial charge on any atom is 0.317 e. The van der Waals surface area contributed by atoms with Crippen molar-refractivity contribution in [2.45, 2.75) is 66.3 Å². The third-order valence-corrected chi connectivity index (χ3v) is 3.36. The minimum Gasteiger partial charge on any atom is -0.333 e. The van der Waals surface area contributed by atoms with E-state index in [9.17, 15) is 4.79 Å². The standard InChI is InChI=1S/C15H30N2O/c1-12-8-7-9-17(10-12)13(18)16-15(5,6)11-14(2,3)4/h12H,7-11H2,1-6H3,(H,16,18). The van der Waals surface area contributed by atoms with E-state index >= 15 is 0 Å². The van der Waals surface area contributed by atoms with Crippen LogP contribution in [0, 0.1) is 11.3 Å². The van der Waals surface area contributed by atoms with Gasteiger partial charge in [-0.15, -0.1) is 0 Å². The van der Waals surface area contributed by atoms with Gasteiger partial charge in [0.2, 0.25) is 0 Å². The number of piperidine rings is 1. The smallest absolute Gasteiger partial charge is 0.317 e. The van der Waals surface area contributed by atoms with Gasteiger partial charge in [-0.25, -0.2) is 4.79 Å². The first kappa shape index (κ1) is 15.3. The van der Waals surface area contributed by atoms with Gasteiger partial charge in [-0.05, 0) is 44.4 Å². The Balaban J connectivity index is 2.52. The van der Waals surface area contributed by atoms with Gasteiger partial charge < -0.3 is 10.2 Å². The van der Waals surface area contributed by atoms with Crippen molar-refractivity contribution in [1.29, 1.82) is 0 Å². The number of carbonyl (C=O) groups is 1. The van der Waals surface area contributed by atoms with Crippen LogP contribution in [0.3, 0.4) is 0 Å². The molecule has 0 radical (unpaired) electrons. The van der Waals surface area contributed by atoms with Crippen LogP contribution in [0.5, 0.6) is 0 Å². The number of hydrogen-bond donors (Lipinski definition) is 1. The fraction of sp³-hybridized carbons (Fsp3) is 0.933. The molecule has 3 nitrogen and oxygen atoms in total. The average molecular weight is 254 g/mol. The Morgan fingerprint density at radius 1 is 1.28 bits per heavy atom. The van der Waals surface area contributed by atoms with Crippen LogP contribution >= 0.6 is 0 Å². The van der Waals surface area contributed by atoms with E-state index in [2.05, 4.69) is 46.9 Å². The highest BCUT2D eigenvalue weighted by Crippen LogP contribution is 2.27. The summed E-state index contributed by atoms with van der Waals surface area (Å²) in [5.41, 5.74) is 0.0853. The zero-order valence-corrected chi connectivity index (χ0v) is 13.0. The molecule has 1 aliphatic rings. The van der Waals surface area contributed by atoms with Crippen LogP contribution in [0.4, 0.5) is 4.79 Å². The highest BCUT2D eigenvalue weighted by molar-refractivity contribution is 5.75. The molecule has 0 spiro atoms. The SMILES string of the molecule is CC1CCCN(C(=O)NC(C)(C)CC(C)(C)C)C1. The summed E-state index contributed by atoms with van der Waals surface area (Å²) in [5.74, 6) is 0.634. The third kappa shape index (κ3) is 5.28. The summed E-state index contributed by atoms with van der Waals surface area (Å²) in [6, 6.07) is 0.107. The summed E-state index contributed by atoms with van der Waals surface area (Å²) >= 11 is 0. The fourth-order valence-corrected chi connectivity index (χ4v) is 3.11. The quantitative estimate of drug-likeness (QED) is 0.801. The van der Waals surface area contributed by atoms with E-state index in [1.165, 1.54) is 6.42 Å². The maximum atomic E-state index is 12.3. The molecule has 106 valence electrons. The van der Waals surface area contributed by atoms with Crippen molar-refractivity contribution in [2.24, 2.45) is 11.3 Å². The number of urea groups is 1. The second-order valence-corrected chi connectivity index (χ2v) is 7.74. The van der Waals surface area contributed by atoms with Gasteiger partial charge in [0.1, 0.15) is 0 Å². The Morgan fingerprint density at radius 3 is 2.39 bits per heavy atom. The molecule has 2 amide bonds. The van der Waals surface area contributed by atoms with E-state index in [0.717, 1.165) is 25.9 Å². The Kier molecular flexibility index (Phi) is 4.68. The average Bonchev–Trinajstić information content (AvgIpc) is 2.12. The molecule has 3 heteroatoms. The van der Waals surface area contributed by atoms with Crippen LogP contribution in [0.2, 0.25) is 0 Å². The Morgan fingerprint density at radius 2 is 1.89 bits per heavy atom. The lowest BCUT2D eigenvalue weighted by Gasteiger charge is -2.37. The van der Waals surface area contributed by atoms with Gasteiger partial charge in [-0.1, -0.05) is 27.7 Å². The summed E-state index contributed by atoms with van der Waals surface area (Å²) in [7, 11) is 0. The Labute approximate surface area is 112 Å². The van der Waals surface area contributed by atoms with Crippen LogP contribution in [-0.4, -0.2) is 29.6 Å². The molecule has 1 fully saturated rings. The zero-order chi connectivity index (χ0) is 14.0. The molecule has 1 atom stereocenters. The molecule has 18 heavy (non-hydrogen) atoms. The van der Waals surface area contributed by atoms with Gasteiger partial charge in [0, 0.05) is 18.6 Å². The summed E-state index contributed by atoms with van der Waals surface area (Å²) in [6.45, 7) is 14.9. The maximum absolute atomic E-state index is 12.3. The van der Waals surface area contributed by atoms with E-state index in [4.69, 9.17) is 0 Å². The summed E-state index contributed by atoms with van der Waals surface area (Å²) in [4.78, 5) is 14.2. The van der Waals surface area contributed by atoms with Gasteiger partial charge in [0.05, 0.1) is 0 Å². The predicted molar refractivity (Wildman–Crippen MR) is 76.7 cm³/mol. The van der Waals surface area contributed by atoms with Crippen molar-refractivity contribution in [3.63, 3.8) is 0 Å². The number of amides is 2. The number of hydrogen-bond acceptors (Lipinski definition) is 1. The summed E-state index contributed by atoms with van der Waals surface area (Å²) < 4.78 is 0. The Hall–Kier alpha value is -0.730. The topological polar surface area (TPSA) is 32.3 Å². The zero-order valence-electron chi connectivity index (χ0n) is 13.0. The van der Waals surface area contributed by atoms with E-state index < -0.39 is 0 Å². The monoisotopic (exact) mass is 254 g/mol. The van der Waals surface area contributed by atoms with Crippen LogP contribution < -0.4 is 5.32 Å². The molecular formula is C15H30N2O. The lowest BCUT2D eigenvalue weighted by Crippen LogP contribution is -2.53. The van der Waals surface area contributed by atoms with E-state index in [1.54, 1.807) is 0 Å². The lowest BCUT2D eigenvalue weighted by atomic mass is 9.82. The highest BCUT2D eigenvalue weighted by Gasteiger charge is 2.29. The van der Waals surface area contributed by atoms with Crippen LogP contribution in [-0.2, 0) is 0 Å². The molecule has 1 saturated heterocycles. The first-order chi connectivity index (χ1) is 8.09. The summed E-state index contributed by atoms with van der Waals surface area (Å²) in [5, 5.41) is 3.19. The Bertz CT molecular complexity index is 291. The highest BCUT2D eigenvalue weighted by atomic mass is 16.2. The molecule has 0 aliphatic carbocycles. The van der Waals surface area contributed by atoms with Gasteiger partial charge >= 0.3 is 6.03 Å². The minimum absolute atomic E-state index is 0.107. The fourth-order valence-electron chi connectivity index (χ4n) is 3.11. The molecule has 0 saturated carbocycles. The van der Waals surface area contributed by atoms with Crippen molar-refractivity contribution >= 4 is 6.03 Å². The normalized spacial score (nSPS) is 21.9. The van der Waals surface area contributed by atoms with Crippen molar-refractivity contribution in [3.8, 4) is 0 Å². The van der Waals surface area contributed by atoms with Crippen molar-refractivity contribution in [1.82, 2.24) is 10.2 Å². The molecule has 0 bridgehead atoms. The van der Waals surface area contributed by atoms with Gasteiger partial charge in [-0.2, -0.15) is 0 Å². The largest absolute Gasteiger partial charge is 0.333 e. The lowest BCUT2D eigenvalue weighted by molar-refractivity contribution is 0.152. The third-order valence-electron chi connectivity index (χ3n) is 3.36. The second kappa shape index (κ2) is 5.50. The molecule has 1 aliphatic heterocycles. The molecule has 1 rings (SSSR count). The predicted octanol–water partition coefficient (Wildman–Crippen LogP) is 3.64. The van der Waals surface area contributed by atoms with E-state index in [-0.39, 0.29) is 17.0 Å². The van der Waals surface area contributed by atoms with Gasteiger partial charge in [-0.3, -0.25) is 0 Å². The molecule has 1 heterocycles. The van der Waals surface area contributed by atoms with E-state index in [1.807, 2.05) is 4.90 Å². The molecular weight excluding hydrogens is 224 g/mol. The first-order valence-corrected chi connectivity index (χ1v) is 7.16. The first-order valence-electron chi connectivity index (χ1n) is 7.16. The number of nitrogens with zero attached hydrogens (tertiary/aromatic N) is 1. The number of carbonyl (C=O) groups excluding carboxylic acids is 1. The molecule has 1 N–H and O–H groups in total. The molecule has 0 aromatic heterocycles. The minimum atomic E-state index is -0.143. The van der Waals surface area contributed by atoms with Gasteiger partial charge in [0.25, 0.3) is 0 Å². The number of likely N-dealkylation sites (tertiary alicyclic amines) is 1. The van der Waals surface area contributed by atoms with Crippen LogP contribution in [0.25, 0.3) is 0 Å². The van der Waals surface area contributed by atoms with Crippen molar-refractivity contribution in [2.75, 3.05) is 13.1 Å². The number of nitrogens with one attached hydrogen (secondary N) is 1. The molecule has 0 aromatic carbocycles. The number of rotatable bonds is 2. The van der Waals surface area contributed by atoms with Crippen molar-refractivity contribution < 1.29 is 4.79 Å². The second-order valence-electron chi connectivity index (χ2n) is 7.74.